The van der Waals surface area contributed by atoms with Gasteiger partial charge in [-0.1, -0.05) is 0 Å². The fourth-order valence-electron chi connectivity index (χ4n) is 2.19. The summed E-state index contributed by atoms with van der Waals surface area (Å²) in [6.07, 6.45) is 4.61. The third-order valence-corrected chi connectivity index (χ3v) is 3.39. The lowest BCUT2D eigenvalue weighted by Crippen LogP contribution is -2.36. The molecule has 98 valence electrons. The van der Waals surface area contributed by atoms with Gasteiger partial charge in [0.05, 0.1) is 12.6 Å². The normalized spacial score (nSPS) is 18.9. The van der Waals surface area contributed by atoms with Crippen LogP contribution in [0.4, 0.5) is 0 Å². The van der Waals surface area contributed by atoms with E-state index in [1.54, 1.807) is 13.3 Å². The zero-order valence-corrected chi connectivity index (χ0v) is 10.8. The van der Waals surface area contributed by atoms with E-state index in [1.165, 1.54) is 0 Å². The predicted molar refractivity (Wildman–Crippen MR) is 67.4 cm³/mol. The van der Waals surface area contributed by atoms with Crippen molar-refractivity contribution in [1.82, 2.24) is 19.7 Å². The first kappa shape index (κ1) is 13.0. The van der Waals surface area contributed by atoms with E-state index in [1.807, 2.05) is 0 Å². The van der Waals surface area contributed by atoms with Gasteiger partial charge in [0.25, 0.3) is 0 Å². The maximum atomic E-state index is 8.82. The first-order valence-electron chi connectivity index (χ1n) is 6.40. The third kappa shape index (κ3) is 3.28. The Hall–Kier alpha value is -1.45. The number of hydrogen-bond donors (Lipinski definition) is 1. The second-order valence-electron chi connectivity index (χ2n) is 5.20. The summed E-state index contributed by atoms with van der Waals surface area (Å²) in [6, 6.07) is 2.13. The Labute approximate surface area is 107 Å². The molecule has 0 radical (unpaired) electrons. The molecule has 1 unspecified atom stereocenters. The molecule has 0 saturated carbocycles. The summed E-state index contributed by atoms with van der Waals surface area (Å²) in [5.41, 5.74) is 5.11. The average molecular weight is 248 g/mol. The van der Waals surface area contributed by atoms with Crippen LogP contribution < -0.4 is 5.73 Å². The monoisotopic (exact) mass is 248 g/mol. The van der Waals surface area contributed by atoms with Crippen LogP contribution in [0.1, 0.15) is 32.0 Å². The lowest BCUT2D eigenvalue weighted by Gasteiger charge is -2.27. The molecule has 2 N–H and O–H groups in total. The molecule has 0 fully saturated rings. The first-order valence-corrected chi connectivity index (χ1v) is 6.40. The predicted octanol–water partition coefficient (Wildman–Crippen LogP) is 0.505. The van der Waals surface area contributed by atoms with Gasteiger partial charge in [0.2, 0.25) is 0 Å². The highest BCUT2D eigenvalue weighted by Gasteiger charge is 2.18. The topological polar surface area (TPSA) is 83.8 Å². The molecule has 1 aromatic rings. The van der Waals surface area contributed by atoms with E-state index in [2.05, 4.69) is 25.7 Å². The van der Waals surface area contributed by atoms with Crippen molar-refractivity contribution in [3.8, 4) is 6.07 Å². The van der Waals surface area contributed by atoms with Gasteiger partial charge in [-0.25, -0.2) is 0 Å². The van der Waals surface area contributed by atoms with E-state index in [9.17, 15) is 0 Å². The summed E-state index contributed by atoms with van der Waals surface area (Å²) in [7, 11) is 0. The van der Waals surface area contributed by atoms with Crippen LogP contribution in [0.15, 0.2) is 6.33 Å². The lowest BCUT2D eigenvalue weighted by molar-refractivity contribution is 0.211. The maximum Gasteiger partial charge on any atom is 0.147 e. The van der Waals surface area contributed by atoms with Crippen molar-refractivity contribution in [3.63, 3.8) is 0 Å². The summed E-state index contributed by atoms with van der Waals surface area (Å²) in [6.45, 7) is 5.71. The van der Waals surface area contributed by atoms with Gasteiger partial charge in [0.1, 0.15) is 17.7 Å². The standard InChI is InChI=1S/C12H20N6/c1-12(14,9-13)4-2-3-5-17-6-7-18-10-15-16-11(18)8-17/h10H,2-8,14H2,1H3. The van der Waals surface area contributed by atoms with Crippen LogP contribution in [0.25, 0.3) is 0 Å². The van der Waals surface area contributed by atoms with E-state index in [-0.39, 0.29) is 0 Å². The molecule has 2 rings (SSSR count). The minimum absolute atomic E-state index is 0.678. The molecule has 0 bridgehead atoms. The van der Waals surface area contributed by atoms with Crippen LogP contribution in [0, 0.1) is 11.3 Å². The SMILES string of the molecule is CC(N)(C#N)CCCCN1CCn2cnnc2C1. The summed E-state index contributed by atoms with van der Waals surface area (Å²) in [5.74, 6) is 1.04. The quantitative estimate of drug-likeness (QED) is 0.767. The number of fused-ring (bicyclic) bond motifs is 1. The lowest BCUT2D eigenvalue weighted by atomic mass is 9.98. The van der Waals surface area contributed by atoms with Gasteiger partial charge in [-0.3, -0.25) is 4.90 Å². The minimum Gasteiger partial charge on any atom is -0.315 e. The number of aromatic nitrogens is 3. The Bertz CT molecular complexity index is 430. The number of nitrogens with zero attached hydrogens (tertiary/aromatic N) is 5. The average Bonchev–Trinajstić information content (AvgIpc) is 2.82. The van der Waals surface area contributed by atoms with Crippen LogP contribution in [0.2, 0.25) is 0 Å². The minimum atomic E-state index is -0.678. The molecule has 1 aromatic heterocycles. The van der Waals surface area contributed by atoms with Crippen molar-refractivity contribution < 1.29 is 0 Å². The van der Waals surface area contributed by atoms with Crippen molar-refractivity contribution in [2.75, 3.05) is 13.1 Å². The van der Waals surface area contributed by atoms with E-state index in [4.69, 9.17) is 11.0 Å². The van der Waals surface area contributed by atoms with Crippen LogP contribution >= 0.6 is 0 Å². The van der Waals surface area contributed by atoms with Crippen molar-refractivity contribution in [3.05, 3.63) is 12.2 Å². The zero-order valence-electron chi connectivity index (χ0n) is 10.8. The third-order valence-electron chi connectivity index (χ3n) is 3.39. The highest BCUT2D eigenvalue weighted by Crippen LogP contribution is 2.13. The van der Waals surface area contributed by atoms with E-state index < -0.39 is 5.54 Å². The highest BCUT2D eigenvalue weighted by atomic mass is 15.3. The Balaban J connectivity index is 1.69. The smallest absolute Gasteiger partial charge is 0.147 e. The van der Waals surface area contributed by atoms with Gasteiger partial charge < -0.3 is 10.3 Å². The Morgan fingerprint density at radius 3 is 3.11 bits per heavy atom. The molecule has 0 amide bonds. The summed E-state index contributed by atoms with van der Waals surface area (Å²) < 4.78 is 2.10. The zero-order chi connectivity index (χ0) is 13.0. The summed E-state index contributed by atoms with van der Waals surface area (Å²) >= 11 is 0. The molecule has 18 heavy (non-hydrogen) atoms. The molecule has 2 heterocycles. The van der Waals surface area contributed by atoms with E-state index >= 15 is 0 Å². The van der Waals surface area contributed by atoms with Crippen molar-refractivity contribution in [2.24, 2.45) is 5.73 Å². The molecule has 0 saturated heterocycles. The summed E-state index contributed by atoms with van der Waals surface area (Å²) in [4.78, 5) is 2.38. The molecule has 1 atom stereocenters. The number of hydrogen-bond acceptors (Lipinski definition) is 5. The Morgan fingerprint density at radius 1 is 1.50 bits per heavy atom. The fraction of sp³-hybridized carbons (Fsp3) is 0.750. The maximum absolute atomic E-state index is 8.82. The van der Waals surface area contributed by atoms with Crippen molar-refractivity contribution in [2.45, 2.75) is 44.8 Å². The molecule has 1 aliphatic rings. The van der Waals surface area contributed by atoms with Gasteiger partial charge in [-0.05, 0) is 32.7 Å². The number of rotatable bonds is 5. The van der Waals surface area contributed by atoms with Crippen molar-refractivity contribution in [1.29, 1.82) is 5.26 Å². The van der Waals surface area contributed by atoms with Crippen molar-refractivity contribution >= 4 is 0 Å². The number of unbranched alkanes of at least 4 members (excludes halogenated alkanes) is 1. The van der Waals surface area contributed by atoms with Crippen LogP contribution in [-0.2, 0) is 13.1 Å². The van der Waals surface area contributed by atoms with Crippen LogP contribution in [0.5, 0.6) is 0 Å². The molecule has 6 nitrogen and oxygen atoms in total. The molecule has 6 heteroatoms. The highest BCUT2D eigenvalue weighted by molar-refractivity contribution is 5.00. The number of nitriles is 1. The van der Waals surface area contributed by atoms with Gasteiger partial charge in [-0.15, -0.1) is 10.2 Å². The molecular formula is C12H20N6. The molecule has 0 aliphatic carbocycles. The van der Waals surface area contributed by atoms with E-state index in [0.29, 0.717) is 0 Å². The molecule has 0 aromatic carbocycles. The molecule has 1 aliphatic heterocycles. The summed E-state index contributed by atoms with van der Waals surface area (Å²) in [5, 5.41) is 16.8. The first-order chi connectivity index (χ1) is 8.61. The fourth-order valence-corrected chi connectivity index (χ4v) is 2.19. The van der Waals surface area contributed by atoms with Gasteiger partial charge in [0, 0.05) is 13.1 Å². The van der Waals surface area contributed by atoms with E-state index in [0.717, 1.165) is 51.3 Å². The van der Waals surface area contributed by atoms with Gasteiger partial charge >= 0.3 is 0 Å². The Morgan fingerprint density at radius 2 is 2.33 bits per heavy atom. The molecule has 0 spiro atoms. The van der Waals surface area contributed by atoms with Gasteiger partial charge in [0.15, 0.2) is 0 Å². The second-order valence-corrected chi connectivity index (χ2v) is 5.20. The number of nitrogens with two attached hydrogens (primary N) is 1. The van der Waals surface area contributed by atoms with Crippen LogP contribution in [0.3, 0.4) is 0 Å². The molecular weight excluding hydrogens is 228 g/mol. The van der Waals surface area contributed by atoms with Gasteiger partial charge in [-0.2, -0.15) is 5.26 Å². The van der Waals surface area contributed by atoms with Crippen LogP contribution in [-0.4, -0.2) is 38.3 Å². The Kier molecular flexibility index (Phi) is 3.94. The second kappa shape index (κ2) is 5.46. The largest absolute Gasteiger partial charge is 0.315 e.